The minimum atomic E-state index is -0.0546. The molecule has 0 saturated carbocycles. The van der Waals surface area contributed by atoms with Crippen LogP contribution in [0.4, 0.5) is 5.69 Å². The smallest absolute Gasteiger partial charge is 0.234 e. The topological polar surface area (TPSA) is 54.9 Å². The molecule has 0 atom stereocenters. The summed E-state index contributed by atoms with van der Waals surface area (Å²) in [6, 6.07) is 28.3. The van der Waals surface area contributed by atoms with Crippen molar-refractivity contribution in [2.45, 2.75) is 18.9 Å². The van der Waals surface area contributed by atoms with Crippen molar-refractivity contribution in [1.82, 2.24) is 10.2 Å². The van der Waals surface area contributed by atoms with Crippen LogP contribution in [0.2, 0.25) is 0 Å². The highest BCUT2D eigenvalue weighted by Gasteiger charge is 2.08. The van der Waals surface area contributed by atoms with Crippen molar-refractivity contribution in [2.75, 3.05) is 11.1 Å². The third-order valence-electron chi connectivity index (χ3n) is 5.16. The maximum Gasteiger partial charge on any atom is 0.234 e. The first-order chi connectivity index (χ1) is 15.1. The van der Waals surface area contributed by atoms with E-state index in [0.717, 1.165) is 33.1 Å². The summed E-state index contributed by atoms with van der Waals surface area (Å²) in [6.45, 7) is 4.04. The fourth-order valence-corrected chi connectivity index (χ4v) is 3.84. The number of anilines is 1. The van der Waals surface area contributed by atoms with Crippen LogP contribution in [-0.4, -0.2) is 21.9 Å². The molecule has 3 aromatic carbocycles. The van der Waals surface area contributed by atoms with Gasteiger partial charge >= 0.3 is 0 Å². The Hall–Kier alpha value is -3.44. The van der Waals surface area contributed by atoms with E-state index in [2.05, 4.69) is 51.9 Å². The predicted molar refractivity (Wildman–Crippen MR) is 128 cm³/mol. The second-order valence-corrected chi connectivity index (χ2v) is 8.28. The van der Waals surface area contributed by atoms with Crippen molar-refractivity contribution in [1.29, 1.82) is 0 Å². The van der Waals surface area contributed by atoms with E-state index in [1.807, 2.05) is 62.4 Å². The summed E-state index contributed by atoms with van der Waals surface area (Å²) in [6.07, 6.45) is 0. The molecule has 0 saturated heterocycles. The van der Waals surface area contributed by atoms with Crippen molar-refractivity contribution in [2.24, 2.45) is 0 Å². The van der Waals surface area contributed by atoms with Gasteiger partial charge in [-0.3, -0.25) is 4.79 Å². The maximum absolute atomic E-state index is 12.3. The highest BCUT2D eigenvalue weighted by molar-refractivity contribution is 7.99. The first-order valence-electron chi connectivity index (χ1n) is 10.1. The van der Waals surface area contributed by atoms with Gasteiger partial charge in [0.05, 0.1) is 11.4 Å². The summed E-state index contributed by atoms with van der Waals surface area (Å²) in [5.41, 5.74) is 7.27. The van der Waals surface area contributed by atoms with Crippen LogP contribution < -0.4 is 5.32 Å². The first kappa shape index (κ1) is 20.8. The van der Waals surface area contributed by atoms with Gasteiger partial charge in [0, 0.05) is 11.3 Å². The Kier molecular flexibility index (Phi) is 6.43. The van der Waals surface area contributed by atoms with E-state index in [-0.39, 0.29) is 11.7 Å². The van der Waals surface area contributed by atoms with Crippen LogP contribution in [0.3, 0.4) is 0 Å². The predicted octanol–water partition coefficient (Wildman–Crippen LogP) is 6.16. The molecule has 4 nitrogen and oxygen atoms in total. The summed E-state index contributed by atoms with van der Waals surface area (Å²) in [5.74, 6) is 0.230. The van der Waals surface area contributed by atoms with Crippen LogP contribution >= 0.6 is 11.8 Å². The third kappa shape index (κ3) is 5.19. The van der Waals surface area contributed by atoms with E-state index in [1.165, 1.54) is 22.9 Å². The molecular weight excluding hydrogens is 402 g/mol. The molecule has 0 aliphatic rings. The molecule has 4 rings (SSSR count). The number of aryl methyl sites for hydroxylation is 1. The molecule has 154 valence electrons. The van der Waals surface area contributed by atoms with Crippen molar-refractivity contribution in [3.8, 4) is 22.4 Å². The number of hydrogen-bond donors (Lipinski definition) is 1. The zero-order valence-corrected chi connectivity index (χ0v) is 18.3. The molecule has 0 fully saturated rings. The number of benzene rings is 3. The van der Waals surface area contributed by atoms with Gasteiger partial charge in [0.2, 0.25) is 5.91 Å². The van der Waals surface area contributed by atoms with Gasteiger partial charge in [-0.25, -0.2) is 0 Å². The molecule has 0 spiro atoms. The summed E-state index contributed by atoms with van der Waals surface area (Å²) in [7, 11) is 0. The Morgan fingerprint density at radius 1 is 0.774 bits per heavy atom. The Morgan fingerprint density at radius 3 is 2.19 bits per heavy atom. The van der Waals surface area contributed by atoms with E-state index in [1.54, 1.807) is 0 Å². The number of carbonyl (C=O) groups is 1. The third-order valence-corrected chi connectivity index (χ3v) is 6.08. The molecule has 1 aromatic heterocycles. The van der Waals surface area contributed by atoms with Crippen LogP contribution in [0, 0.1) is 13.8 Å². The lowest BCUT2D eigenvalue weighted by molar-refractivity contribution is -0.113. The lowest BCUT2D eigenvalue weighted by Crippen LogP contribution is -2.15. The van der Waals surface area contributed by atoms with Crippen molar-refractivity contribution < 1.29 is 4.79 Å². The van der Waals surface area contributed by atoms with Crippen molar-refractivity contribution in [3.05, 3.63) is 96.1 Å². The Morgan fingerprint density at radius 2 is 1.48 bits per heavy atom. The summed E-state index contributed by atoms with van der Waals surface area (Å²) < 4.78 is 0. The van der Waals surface area contributed by atoms with Crippen molar-refractivity contribution >= 4 is 23.4 Å². The van der Waals surface area contributed by atoms with E-state index < -0.39 is 0 Å². The minimum absolute atomic E-state index is 0.0546. The zero-order valence-electron chi connectivity index (χ0n) is 17.5. The number of nitrogens with zero attached hydrogens (tertiary/aromatic N) is 2. The molecule has 0 aliphatic heterocycles. The average Bonchev–Trinajstić information content (AvgIpc) is 2.82. The zero-order chi connectivity index (χ0) is 21.6. The minimum Gasteiger partial charge on any atom is -0.325 e. The Labute approximate surface area is 186 Å². The first-order valence-corrected chi connectivity index (χ1v) is 11.1. The normalized spacial score (nSPS) is 10.6. The summed E-state index contributed by atoms with van der Waals surface area (Å²) in [4.78, 5) is 12.3. The number of thioether (sulfide) groups is 1. The van der Waals surface area contributed by atoms with E-state index in [4.69, 9.17) is 0 Å². The van der Waals surface area contributed by atoms with Gasteiger partial charge in [0.1, 0.15) is 5.03 Å². The molecule has 1 N–H and O–H groups in total. The van der Waals surface area contributed by atoms with E-state index in [9.17, 15) is 4.79 Å². The Balaban J connectivity index is 1.36. The largest absolute Gasteiger partial charge is 0.325 e. The number of rotatable bonds is 6. The lowest BCUT2D eigenvalue weighted by atomic mass is 10.0. The van der Waals surface area contributed by atoms with Gasteiger partial charge < -0.3 is 5.32 Å². The molecule has 4 aromatic rings. The molecular formula is C26H23N3OS. The van der Waals surface area contributed by atoms with Gasteiger partial charge in [-0.2, -0.15) is 0 Å². The van der Waals surface area contributed by atoms with E-state index >= 15 is 0 Å². The van der Waals surface area contributed by atoms with Gasteiger partial charge in [0.25, 0.3) is 0 Å². The number of aromatic nitrogens is 2. The van der Waals surface area contributed by atoms with Crippen LogP contribution in [0.15, 0.2) is 90.0 Å². The molecule has 0 unspecified atom stereocenters. The van der Waals surface area contributed by atoms with E-state index in [0.29, 0.717) is 0 Å². The summed E-state index contributed by atoms with van der Waals surface area (Å²) in [5, 5.41) is 12.3. The van der Waals surface area contributed by atoms with Crippen molar-refractivity contribution in [3.63, 3.8) is 0 Å². The Bertz CT molecular complexity index is 1170. The second kappa shape index (κ2) is 9.58. The molecule has 0 aliphatic carbocycles. The monoisotopic (exact) mass is 425 g/mol. The lowest BCUT2D eigenvalue weighted by Gasteiger charge is -2.10. The molecule has 1 heterocycles. The van der Waals surface area contributed by atoms with Gasteiger partial charge in [-0.15, -0.1) is 10.2 Å². The van der Waals surface area contributed by atoms with Crippen LogP contribution in [0.5, 0.6) is 0 Å². The van der Waals surface area contributed by atoms with Crippen LogP contribution in [0.1, 0.15) is 11.1 Å². The molecule has 1 amide bonds. The molecule has 31 heavy (non-hydrogen) atoms. The average molecular weight is 426 g/mol. The SMILES string of the molecule is Cc1cccc(NC(=O)CSc2ccc(-c3ccc(-c4ccccc4)cc3)nn2)c1C. The van der Waals surface area contributed by atoms with Crippen LogP contribution in [0.25, 0.3) is 22.4 Å². The quantitative estimate of drug-likeness (QED) is 0.376. The summed E-state index contributed by atoms with van der Waals surface area (Å²) >= 11 is 1.38. The highest BCUT2D eigenvalue weighted by atomic mass is 32.2. The van der Waals surface area contributed by atoms with Gasteiger partial charge in [0.15, 0.2) is 0 Å². The second-order valence-electron chi connectivity index (χ2n) is 7.28. The maximum atomic E-state index is 12.3. The highest BCUT2D eigenvalue weighted by Crippen LogP contribution is 2.25. The molecule has 0 radical (unpaired) electrons. The molecule has 0 bridgehead atoms. The number of nitrogens with one attached hydrogen (secondary N) is 1. The van der Waals surface area contributed by atoms with Crippen LogP contribution in [-0.2, 0) is 4.79 Å². The molecule has 5 heteroatoms. The standard InChI is InChI=1S/C26H23N3OS/c1-18-7-6-10-23(19(18)2)27-25(30)17-31-26-16-15-24(28-29-26)22-13-11-21(12-14-22)20-8-4-3-5-9-20/h3-16H,17H2,1-2H3,(H,27,30). The number of carbonyl (C=O) groups excluding carboxylic acids is 1. The fraction of sp³-hybridized carbons (Fsp3) is 0.115. The fourth-order valence-electron chi connectivity index (χ4n) is 3.23. The van der Waals surface area contributed by atoms with Gasteiger partial charge in [-0.05, 0) is 54.3 Å². The number of hydrogen-bond acceptors (Lipinski definition) is 4. The number of amides is 1. The van der Waals surface area contributed by atoms with Gasteiger partial charge in [-0.1, -0.05) is 78.5 Å².